The molecule has 0 atom stereocenters. The molecule has 0 spiro atoms. The van der Waals surface area contributed by atoms with Gasteiger partial charge in [0.2, 0.25) is 0 Å². The Morgan fingerprint density at radius 2 is 1.93 bits per heavy atom. The van der Waals surface area contributed by atoms with Crippen molar-refractivity contribution in [3.63, 3.8) is 0 Å². The van der Waals surface area contributed by atoms with Crippen molar-refractivity contribution in [3.05, 3.63) is 65.2 Å². The molecular weight excluding hydrogens is 390 g/mol. The minimum absolute atomic E-state index is 0.0318. The van der Waals surface area contributed by atoms with Crippen molar-refractivity contribution in [1.82, 2.24) is 0 Å². The van der Waals surface area contributed by atoms with Gasteiger partial charge in [0.1, 0.15) is 11.5 Å². The number of hydrogen-bond donors (Lipinski definition) is 0. The van der Waals surface area contributed by atoms with Crippen molar-refractivity contribution < 1.29 is 33.0 Å². The predicted octanol–water partition coefficient (Wildman–Crippen LogP) is 3.18. The van der Waals surface area contributed by atoms with Crippen LogP contribution in [0.3, 0.4) is 0 Å². The summed E-state index contributed by atoms with van der Waals surface area (Å²) in [6, 6.07) is 10.9. The Kier molecular flexibility index (Phi) is 8.01. The van der Waals surface area contributed by atoms with Crippen molar-refractivity contribution in [2.45, 2.75) is 12.4 Å². The molecule has 2 aromatic rings. The van der Waals surface area contributed by atoms with E-state index in [4.69, 9.17) is 4.74 Å². The number of carbonyl (C=O) groups is 2. The maximum absolute atomic E-state index is 12.5. The van der Waals surface area contributed by atoms with E-state index in [1.807, 2.05) is 0 Å². The lowest BCUT2D eigenvalue weighted by molar-refractivity contribution is -0.301. The fraction of sp³-hybridized carbons (Fsp3) is 0.200. The Balaban J connectivity index is 2.18. The van der Waals surface area contributed by atoms with E-state index < -0.39 is 12.6 Å². The van der Waals surface area contributed by atoms with Gasteiger partial charge in [-0.05, 0) is 36.4 Å². The number of allylic oxidation sites excluding steroid dienone is 1. The summed E-state index contributed by atoms with van der Waals surface area (Å²) in [6.07, 6.45) is 2.66. The summed E-state index contributed by atoms with van der Waals surface area (Å²) in [5.74, 6) is -0.878. The number of carboxylic acids is 1. The topological polar surface area (TPSA) is 75.7 Å². The van der Waals surface area contributed by atoms with Crippen LogP contribution in [-0.4, -0.2) is 31.2 Å². The molecule has 8 heteroatoms. The third-order valence-corrected chi connectivity index (χ3v) is 4.55. The molecule has 0 radical (unpaired) electrons. The Bertz CT molecular complexity index is 867. The second kappa shape index (κ2) is 10.5. The van der Waals surface area contributed by atoms with Gasteiger partial charge in [0.25, 0.3) is 0 Å². The van der Waals surface area contributed by atoms with E-state index in [1.54, 1.807) is 36.4 Å². The Labute approximate surface area is 165 Å². The first kappa shape index (κ1) is 21.4. The fourth-order valence-corrected chi connectivity index (χ4v) is 3.09. The van der Waals surface area contributed by atoms with Gasteiger partial charge >= 0.3 is 6.61 Å². The van der Waals surface area contributed by atoms with Gasteiger partial charge in [0.05, 0.1) is 13.1 Å². The second-order valence-electron chi connectivity index (χ2n) is 5.51. The molecule has 0 saturated carbocycles. The number of para-hydroxylation sites is 1. The number of hydrogen-bond acceptors (Lipinski definition) is 6. The molecule has 0 aliphatic carbocycles. The minimum atomic E-state index is -2.96. The van der Waals surface area contributed by atoms with Crippen LogP contribution in [0.25, 0.3) is 6.08 Å². The van der Waals surface area contributed by atoms with Crippen molar-refractivity contribution in [2.75, 3.05) is 12.9 Å². The summed E-state index contributed by atoms with van der Waals surface area (Å²) in [6.45, 7) is -2.96. The van der Waals surface area contributed by atoms with Gasteiger partial charge in [-0.25, -0.2) is 0 Å². The fourth-order valence-electron chi connectivity index (χ4n) is 2.37. The number of ether oxygens (including phenoxy) is 2. The summed E-state index contributed by atoms with van der Waals surface area (Å²) in [5, 5.41) is 10.5. The summed E-state index contributed by atoms with van der Waals surface area (Å²) >= 11 is 1.12. The van der Waals surface area contributed by atoms with Gasteiger partial charge in [0.15, 0.2) is 5.78 Å². The van der Waals surface area contributed by atoms with Gasteiger partial charge in [0, 0.05) is 28.2 Å². The van der Waals surface area contributed by atoms with Gasteiger partial charge in [-0.1, -0.05) is 18.2 Å². The van der Waals surface area contributed by atoms with E-state index in [2.05, 4.69) is 4.74 Å². The molecule has 0 fully saturated rings. The highest BCUT2D eigenvalue weighted by atomic mass is 32.2. The number of ketones is 1. The Morgan fingerprint density at radius 1 is 1.18 bits per heavy atom. The number of halogens is 2. The standard InChI is InChI=1S/C20H18F2O5S/c1-26-17-9-7-14(10-15(17)11-28-12-19(24)25)16(23)8-6-13-4-2-3-5-18(13)27-20(21)22/h2-10,20H,11-12H2,1H3,(H,24,25)/p-1/b8-6+. The third kappa shape index (κ3) is 6.38. The van der Waals surface area contributed by atoms with Gasteiger partial charge in [-0.2, -0.15) is 20.5 Å². The van der Waals surface area contributed by atoms with E-state index in [9.17, 15) is 23.5 Å². The lowest BCUT2D eigenvalue weighted by atomic mass is 10.1. The van der Waals surface area contributed by atoms with Crippen LogP contribution in [0.1, 0.15) is 21.5 Å². The van der Waals surface area contributed by atoms with Crippen LogP contribution in [0.4, 0.5) is 8.78 Å². The minimum Gasteiger partial charge on any atom is -0.549 e. The molecule has 0 aliphatic heterocycles. The highest BCUT2D eigenvalue weighted by Gasteiger charge is 2.10. The molecule has 2 aromatic carbocycles. The molecule has 148 valence electrons. The van der Waals surface area contributed by atoms with E-state index >= 15 is 0 Å². The highest BCUT2D eigenvalue weighted by molar-refractivity contribution is 7.99. The molecule has 0 unspecified atom stereocenters. The van der Waals surface area contributed by atoms with E-state index in [1.165, 1.54) is 25.3 Å². The SMILES string of the molecule is COc1ccc(C(=O)/C=C/c2ccccc2OC(F)F)cc1CSCC(=O)[O-]. The van der Waals surface area contributed by atoms with Gasteiger partial charge in [-0.15, -0.1) is 0 Å². The number of rotatable bonds is 10. The first-order valence-electron chi connectivity index (χ1n) is 8.11. The number of aliphatic carboxylic acids is 1. The molecule has 0 aromatic heterocycles. The van der Waals surface area contributed by atoms with Crippen LogP contribution >= 0.6 is 11.8 Å². The maximum atomic E-state index is 12.5. The molecule has 2 rings (SSSR count). The number of carboxylic acid groups (broad SMARTS) is 1. The Hall–Kier alpha value is -2.87. The number of alkyl halides is 2. The lowest BCUT2D eigenvalue weighted by Crippen LogP contribution is -2.24. The normalized spacial score (nSPS) is 11.0. The molecule has 0 bridgehead atoms. The van der Waals surface area contributed by atoms with Crippen LogP contribution in [0, 0.1) is 0 Å². The highest BCUT2D eigenvalue weighted by Crippen LogP contribution is 2.26. The Morgan fingerprint density at radius 3 is 2.61 bits per heavy atom. The van der Waals surface area contributed by atoms with Crippen molar-refractivity contribution in [1.29, 1.82) is 0 Å². The molecule has 5 nitrogen and oxygen atoms in total. The first-order chi connectivity index (χ1) is 13.4. The zero-order chi connectivity index (χ0) is 20.5. The van der Waals surface area contributed by atoms with Crippen LogP contribution in [-0.2, 0) is 10.5 Å². The smallest absolute Gasteiger partial charge is 0.387 e. The van der Waals surface area contributed by atoms with Gasteiger partial charge < -0.3 is 19.4 Å². The van der Waals surface area contributed by atoms with E-state index in [0.29, 0.717) is 28.2 Å². The molecule has 0 saturated heterocycles. The number of carbonyl (C=O) groups excluding carboxylic acids is 2. The van der Waals surface area contributed by atoms with Crippen molar-refractivity contribution >= 4 is 29.6 Å². The van der Waals surface area contributed by atoms with Crippen LogP contribution in [0.15, 0.2) is 48.5 Å². The summed E-state index contributed by atoms with van der Waals surface area (Å²) in [5.41, 5.74) is 1.36. The third-order valence-electron chi connectivity index (χ3n) is 3.59. The molecular formula is C20H17F2O5S-. The summed E-state index contributed by atoms with van der Waals surface area (Å²) in [7, 11) is 1.48. The van der Waals surface area contributed by atoms with Crippen LogP contribution in [0.5, 0.6) is 11.5 Å². The largest absolute Gasteiger partial charge is 0.549 e. The predicted molar refractivity (Wildman–Crippen MR) is 101 cm³/mol. The second-order valence-corrected chi connectivity index (χ2v) is 6.49. The summed E-state index contributed by atoms with van der Waals surface area (Å²) < 4.78 is 34.6. The molecule has 0 amide bonds. The molecule has 0 aliphatic rings. The maximum Gasteiger partial charge on any atom is 0.387 e. The average molecular weight is 407 g/mol. The number of methoxy groups -OCH3 is 1. The average Bonchev–Trinajstić information content (AvgIpc) is 2.66. The van der Waals surface area contributed by atoms with Gasteiger partial charge in [-0.3, -0.25) is 4.79 Å². The molecule has 28 heavy (non-hydrogen) atoms. The number of thioether (sulfide) groups is 1. The van der Waals surface area contributed by atoms with Crippen LogP contribution in [0.2, 0.25) is 0 Å². The zero-order valence-corrected chi connectivity index (χ0v) is 15.7. The monoisotopic (exact) mass is 407 g/mol. The number of benzene rings is 2. The molecule has 0 heterocycles. The molecule has 0 N–H and O–H groups in total. The lowest BCUT2D eigenvalue weighted by Gasteiger charge is -2.10. The zero-order valence-electron chi connectivity index (χ0n) is 14.9. The van der Waals surface area contributed by atoms with E-state index in [-0.39, 0.29) is 17.3 Å². The van der Waals surface area contributed by atoms with Crippen molar-refractivity contribution in [3.8, 4) is 11.5 Å². The van der Waals surface area contributed by atoms with Crippen molar-refractivity contribution in [2.24, 2.45) is 0 Å². The summed E-state index contributed by atoms with van der Waals surface area (Å²) in [4.78, 5) is 23.0. The quantitative estimate of drug-likeness (QED) is 0.445. The van der Waals surface area contributed by atoms with E-state index in [0.717, 1.165) is 11.8 Å². The van der Waals surface area contributed by atoms with Crippen LogP contribution < -0.4 is 14.6 Å². The first-order valence-corrected chi connectivity index (χ1v) is 9.27.